The predicted octanol–water partition coefficient (Wildman–Crippen LogP) is 2.44. The Hall–Kier alpha value is -0.790. The van der Waals surface area contributed by atoms with Gasteiger partial charge in [0, 0.05) is 18.9 Å². The van der Waals surface area contributed by atoms with E-state index in [9.17, 15) is 4.79 Å². The van der Waals surface area contributed by atoms with E-state index in [-0.39, 0.29) is 11.4 Å². The van der Waals surface area contributed by atoms with Crippen LogP contribution in [0.3, 0.4) is 0 Å². The van der Waals surface area contributed by atoms with Crippen molar-refractivity contribution in [3.8, 4) is 0 Å². The average molecular weight is 168 g/mol. The standard InChI is InChI=1S/C10H16O2/c1-4-5-9-6-8(11)7-10(2,3)12-9/h6H,4-5,7H2,1-3H3. The van der Waals surface area contributed by atoms with Crippen LogP contribution in [0.1, 0.15) is 40.0 Å². The third-order valence-electron chi connectivity index (χ3n) is 1.83. The van der Waals surface area contributed by atoms with Gasteiger partial charge >= 0.3 is 0 Å². The van der Waals surface area contributed by atoms with Crippen molar-refractivity contribution in [3.05, 3.63) is 11.8 Å². The molecule has 0 fully saturated rings. The summed E-state index contributed by atoms with van der Waals surface area (Å²) in [6.07, 6.45) is 4.03. The third kappa shape index (κ3) is 2.36. The van der Waals surface area contributed by atoms with Crippen molar-refractivity contribution >= 4 is 5.78 Å². The third-order valence-corrected chi connectivity index (χ3v) is 1.83. The Balaban J connectivity index is 2.69. The van der Waals surface area contributed by atoms with Crippen molar-refractivity contribution in [2.24, 2.45) is 0 Å². The number of hydrogen-bond donors (Lipinski definition) is 0. The Morgan fingerprint density at radius 2 is 2.25 bits per heavy atom. The molecule has 1 rings (SSSR count). The van der Waals surface area contributed by atoms with Gasteiger partial charge in [-0.25, -0.2) is 0 Å². The van der Waals surface area contributed by atoms with E-state index >= 15 is 0 Å². The maximum absolute atomic E-state index is 11.2. The Labute approximate surface area is 73.6 Å². The second-order valence-electron chi connectivity index (χ2n) is 3.87. The first-order valence-corrected chi connectivity index (χ1v) is 4.46. The summed E-state index contributed by atoms with van der Waals surface area (Å²) in [5.74, 6) is 1.04. The predicted molar refractivity (Wildman–Crippen MR) is 47.8 cm³/mol. The second-order valence-corrected chi connectivity index (χ2v) is 3.87. The van der Waals surface area contributed by atoms with Crippen molar-refractivity contribution < 1.29 is 9.53 Å². The lowest BCUT2D eigenvalue weighted by atomic mass is 9.98. The lowest BCUT2D eigenvalue weighted by Gasteiger charge is -2.30. The second kappa shape index (κ2) is 3.30. The molecule has 0 atom stereocenters. The molecule has 0 bridgehead atoms. The van der Waals surface area contributed by atoms with Crippen LogP contribution < -0.4 is 0 Å². The summed E-state index contributed by atoms with van der Waals surface area (Å²) in [6, 6.07) is 0. The van der Waals surface area contributed by atoms with Crippen molar-refractivity contribution in [1.29, 1.82) is 0 Å². The Kier molecular flexibility index (Phi) is 2.55. The SMILES string of the molecule is CCCC1=CC(=O)CC(C)(C)O1. The van der Waals surface area contributed by atoms with Gasteiger partial charge in [0.25, 0.3) is 0 Å². The normalized spacial score (nSPS) is 21.6. The molecule has 1 aliphatic heterocycles. The fourth-order valence-corrected chi connectivity index (χ4v) is 1.44. The van der Waals surface area contributed by atoms with E-state index in [4.69, 9.17) is 4.74 Å². The minimum atomic E-state index is -0.295. The molecular weight excluding hydrogens is 152 g/mol. The van der Waals surface area contributed by atoms with E-state index in [0.29, 0.717) is 6.42 Å². The quantitative estimate of drug-likeness (QED) is 0.633. The van der Waals surface area contributed by atoms with Crippen molar-refractivity contribution in [2.75, 3.05) is 0 Å². The zero-order valence-corrected chi connectivity index (χ0v) is 8.02. The zero-order valence-electron chi connectivity index (χ0n) is 8.02. The molecule has 1 heterocycles. The number of carbonyl (C=O) groups excluding carboxylic acids is 1. The summed E-state index contributed by atoms with van der Waals surface area (Å²) < 4.78 is 5.62. The Morgan fingerprint density at radius 3 is 2.75 bits per heavy atom. The van der Waals surface area contributed by atoms with E-state index in [1.165, 1.54) is 0 Å². The maximum Gasteiger partial charge on any atom is 0.162 e. The van der Waals surface area contributed by atoms with Gasteiger partial charge in [0.05, 0.1) is 0 Å². The minimum absolute atomic E-state index is 0.190. The molecule has 2 heteroatoms. The van der Waals surface area contributed by atoms with Gasteiger partial charge in [-0.3, -0.25) is 4.79 Å². The summed E-state index contributed by atoms with van der Waals surface area (Å²) in [4.78, 5) is 11.2. The molecule has 0 aromatic heterocycles. The zero-order chi connectivity index (χ0) is 9.19. The Bertz CT molecular complexity index is 214. The van der Waals surface area contributed by atoms with Crippen LogP contribution in [0.25, 0.3) is 0 Å². The highest BCUT2D eigenvalue weighted by molar-refractivity contribution is 5.91. The van der Waals surface area contributed by atoms with E-state index in [1.807, 2.05) is 13.8 Å². The molecule has 1 aliphatic rings. The summed E-state index contributed by atoms with van der Waals surface area (Å²) in [6.45, 7) is 5.98. The molecule has 2 nitrogen and oxygen atoms in total. The number of rotatable bonds is 2. The number of hydrogen-bond acceptors (Lipinski definition) is 2. The molecule has 0 spiro atoms. The van der Waals surface area contributed by atoms with Crippen LogP contribution >= 0.6 is 0 Å². The van der Waals surface area contributed by atoms with Gasteiger partial charge in [0.15, 0.2) is 5.78 Å². The van der Waals surface area contributed by atoms with E-state index < -0.39 is 0 Å². The lowest BCUT2D eigenvalue weighted by molar-refractivity contribution is -0.122. The largest absolute Gasteiger partial charge is 0.492 e. The van der Waals surface area contributed by atoms with Gasteiger partial charge in [-0.05, 0) is 20.3 Å². The fourth-order valence-electron chi connectivity index (χ4n) is 1.44. The van der Waals surface area contributed by atoms with Crippen molar-refractivity contribution in [2.45, 2.75) is 45.6 Å². The van der Waals surface area contributed by atoms with Crippen LogP contribution in [0, 0.1) is 0 Å². The van der Waals surface area contributed by atoms with E-state index in [2.05, 4.69) is 6.92 Å². The van der Waals surface area contributed by atoms with Crippen LogP contribution in [0.5, 0.6) is 0 Å². The highest BCUT2D eigenvalue weighted by Gasteiger charge is 2.28. The van der Waals surface area contributed by atoms with E-state index in [1.54, 1.807) is 6.08 Å². The van der Waals surface area contributed by atoms with Gasteiger partial charge < -0.3 is 4.74 Å². The molecule has 0 radical (unpaired) electrons. The molecule has 0 saturated heterocycles. The van der Waals surface area contributed by atoms with E-state index in [0.717, 1.165) is 18.6 Å². The summed E-state index contributed by atoms with van der Waals surface area (Å²) in [5, 5.41) is 0. The fraction of sp³-hybridized carbons (Fsp3) is 0.700. The van der Waals surface area contributed by atoms with Crippen LogP contribution in [0.15, 0.2) is 11.8 Å². The number of ketones is 1. The monoisotopic (exact) mass is 168 g/mol. The molecule has 0 amide bonds. The molecule has 12 heavy (non-hydrogen) atoms. The highest BCUT2D eigenvalue weighted by Crippen LogP contribution is 2.26. The molecule has 68 valence electrons. The lowest BCUT2D eigenvalue weighted by Crippen LogP contribution is -2.31. The van der Waals surface area contributed by atoms with Gasteiger partial charge in [0.1, 0.15) is 11.4 Å². The van der Waals surface area contributed by atoms with Crippen LogP contribution in [-0.4, -0.2) is 11.4 Å². The summed E-state index contributed by atoms with van der Waals surface area (Å²) in [5.41, 5.74) is -0.295. The molecule has 0 unspecified atom stereocenters. The molecular formula is C10H16O2. The van der Waals surface area contributed by atoms with Crippen LogP contribution in [-0.2, 0) is 9.53 Å². The molecule has 0 saturated carbocycles. The van der Waals surface area contributed by atoms with Crippen LogP contribution in [0.4, 0.5) is 0 Å². The number of allylic oxidation sites excluding steroid dienone is 2. The van der Waals surface area contributed by atoms with Gasteiger partial charge in [-0.1, -0.05) is 6.92 Å². The van der Waals surface area contributed by atoms with Gasteiger partial charge in [-0.15, -0.1) is 0 Å². The molecule has 0 N–H and O–H groups in total. The van der Waals surface area contributed by atoms with Crippen molar-refractivity contribution in [3.63, 3.8) is 0 Å². The van der Waals surface area contributed by atoms with Gasteiger partial charge in [0.2, 0.25) is 0 Å². The smallest absolute Gasteiger partial charge is 0.162 e. The summed E-state index contributed by atoms with van der Waals surface area (Å²) >= 11 is 0. The molecule has 0 aromatic carbocycles. The first kappa shape index (κ1) is 9.30. The minimum Gasteiger partial charge on any atom is -0.492 e. The number of ether oxygens (including phenoxy) is 1. The molecule has 0 aromatic rings. The maximum atomic E-state index is 11.2. The first-order chi connectivity index (χ1) is 5.53. The van der Waals surface area contributed by atoms with Gasteiger partial charge in [-0.2, -0.15) is 0 Å². The Morgan fingerprint density at radius 1 is 1.58 bits per heavy atom. The topological polar surface area (TPSA) is 26.3 Å². The average Bonchev–Trinajstić information content (AvgIpc) is 1.82. The number of carbonyl (C=O) groups is 1. The van der Waals surface area contributed by atoms with Crippen LogP contribution in [0.2, 0.25) is 0 Å². The first-order valence-electron chi connectivity index (χ1n) is 4.46. The summed E-state index contributed by atoms with van der Waals surface area (Å²) in [7, 11) is 0. The highest BCUT2D eigenvalue weighted by atomic mass is 16.5. The van der Waals surface area contributed by atoms with Crippen molar-refractivity contribution in [1.82, 2.24) is 0 Å². The molecule has 0 aliphatic carbocycles.